The number of nitrogens with zero attached hydrogens (tertiary/aromatic N) is 2. The second-order valence-corrected chi connectivity index (χ2v) is 13.2. The minimum Gasteiger partial charge on any atom is -0.457 e. The van der Waals surface area contributed by atoms with Gasteiger partial charge in [-0.1, -0.05) is 18.2 Å². The van der Waals surface area contributed by atoms with Gasteiger partial charge >= 0.3 is 0 Å². The van der Waals surface area contributed by atoms with Crippen LogP contribution >= 0.6 is 0 Å². The summed E-state index contributed by atoms with van der Waals surface area (Å²) in [5, 5.41) is 10.5. The summed E-state index contributed by atoms with van der Waals surface area (Å²) in [7, 11) is -3.43. The number of fused-ring (bicyclic) bond motifs is 1. The van der Waals surface area contributed by atoms with Gasteiger partial charge in [0.2, 0.25) is 5.91 Å². The molecule has 5 rings (SSSR count). The van der Waals surface area contributed by atoms with Crippen LogP contribution in [-0.4, -0.2) is 49.1 Å². The molecule has 3 aliphatic rings. The Kier molecular flexibility index (Phi) is 7.26. The lowest BCUT2D eigenvalue weighted by molar-refractivity contribution is -0.115. The Balaban J connectivity index is 1.28. The van der Waals surface area contributed by atoms with Crippen molar-refractivity contribution in [2.75, 3.05) is 24.3 Å². The van der Waals surface area contributed by atoms with E-state index < -0.39 is 9.84 Å². The summed E-state index contributed by atoms with van der Waals surface area (Å²) >= 11 is 0. The summed E-state index contributed by atoms with van der Waals surface area (Å²) in [6, 6.07) is 5.45. The van der Waals surface area contributed by atoms with Gasteiger partial charge in [0.15, 0.2) is 9.84 Å². The lowest BCUT2D eigenvalue weighted by Crippen LogP contribution is -2.35. The van der Waals surface area contributed by atoms with Crippen LogP contribution < -0.4 is 15.4 Å². The molecule has 10 heteroatoms. The number of anilines is 1. The molecule has 0 radical (unpaired) electrons. The van der Waals surface area contributed by atoms with Gasteiger partial charge in [0.1, 0.15) is 11.5 Å². The van der Waals surface area contributed by atoms with Crippen molar-refractivity contribution in [1.82, 2.24) is 15.1 Å². The number of dihydropyridines is 1. The van der Waals surface area contributed by atoms with E-state index in [-0.39, 0.29) is 40.5 Å². The van der Waals surface area contributed by atoms with Gasteiger partial charge in [-0.15, -0.1) is 0 Å². The van der Waals surface area contributed by atoms with Crippen LogP contribution in [0.1, 0.15) is 31.9 Å². The van der Waals surface area contributed by atoms with Crippen molar-refractivity contribution < 1.29 is 22.7 Å². The van der Waals surface area contributed by atoms with E-state index in [4.69, 9.17) is 9.47 Å². The van der Waals surface area contributed by atoms with Crippen molar-refractivity contribution in [2.24, 2.45) is 5.92 Å². The topological polar surface area (TPSA) is 112 Å². The number of aryl methyl sites for hydroxylation is 1. The molecule has 2 aromatic rings. The SMILES string of the molecule is Cc1cc(CC(=O)Nc2cnn(C(C)(C)C)c2)ccc1OC1=C2C=C(S(=O)(=O)CC3COC3)C=CC2NC=C1. The summed E-state index contributed by atoms with van der Waals surface area (Å²) in [5.74, 6) is 1.20. The maximum atomic E-state index is 13.0. The molecule has 1 aromatic heterocycles. The van der Waals surface area contributed by atoms with E-state index in [1.807, 2.05) is 62.8 Å². The first-order valence-corrected chi connectivity index (χ1v) is 14.6. The van der Waals surface area contributed by atoms with Crippen molar-refractivity contribution >= 4 is 21.4 Å². The number of amides is 1. The third-order valence-electron chi connectivity index (χ3n) is 6.78. The number of hydrogen-bond acceptors (Lipinski definition) is 7. The first kappa shape index (κ1) is 27.0. The number of nitrogens with one attached hydrogen (secondary N) is 2. The molecule has 1 saturated heterocycles. The molecule has 206 valence electrons. The van der Waals surface area contributed by atoms with Crippen LogP contribution in [-0.2, 0) is 31.3 Å². The largest absolute Gasteiger partial charge is 0.457 e. The molecular formula is C29H34N4O5S. The second-order valence-electron chi connectivity index (χ2n) is 11.2. The molecule has 0 spiro atoms. The maximum Gasteiger partial charge on any atom is 0.228 e. The van der Waals surface area contributed by atoms with Gasteiger partial charge in [0.05, 0.1) is 53.8 Å². The Labute approximate surface area is 229 Å². The van der Waals surface area contributed by atoms with Crippen molar-refractivity contribution in [2.45, 2.75) is 45.7 Å². The molecule has 2 N–H and O–H groups in total. The zero-order valence-corrected chi connectivity index (χ0v) is 23.4. The van der Waals surface area contributed by atoms with Crippen LogP contribution in [0.15, 0.2) is 77.3 Å². The van der Waals surface area contributed by atoms with Crippen LogP contribution in [0.4, 0.5) is 5.69 Å². The van der Waals surface area contributed by atoms with Crippen molar-refractivity contribution in [3.63, 3.8) is 0 Å². The molecule has 1 atom stereocenters. The Hall–Kier alpha value is -3.63. The number of allylic oxidation sites excluding steroid dienone is 2. The summed E-state index contributed by atoms with van der Waals surface area (Å²) in [5.41, 5.74) is 2.96. The summed E-state index contributed by atoms with van der Waals surface area (Å²) in [6.07, 6.45) is 12.5. The molecule has 3 heterocycles. The molecule has 1 fully saturated rings. The Bertz CT molecular complexity index is 1500. The van der Waals surface area contributed by atoms with Gasteiger partial charge in [-0.3, -0.25) is 9.48 Å². The lowest BCUT2D eigenvalue weighted by atomic mass is 9.98. The van der Waals surface area contributed by atoms with Gasteiger partial charge in [-0.2, -0.15) is 5.10 Å². The van der Waals surface area contributed by atoms with E-state index in [2.05, 4.69) is 15.7 Å². The van der Waals surface area contributed by atoms with E-state index in [1.54, 1.807) is 30.6 Å². The number of benzene rings is 1. The van der Waals surface area contributed by atoms with E-state index >= 15 is 0 Å². The Morgan fingerprint density at radius 1 is 1.26 bits per heavy atom. The highest BCUT2D eigenvalue weighted by Crippen LogP contribution is 2.31. The number of sulfone groups is 1. The fraction of sp³-hybridized carbons (Fsp3) is 0.379. The zero-order chi connectivity index (χ0) is 27.8. The molecule has 9 nitrogen and oxygen atoms in total. The third-order valence-corrected chi connectivity index (χ3v) is 8.66. The smallest absolute Gasteiger partial charge is 0.228 e. The Morgan fingerprint density at radius 2 is 2.05 bits per heavy atom. The number of aromatic nitrogens is 2. The van der Waals surface area contributed by atoms with Crippen LogP contribution in [0.5, 0.6) is 5.75 Å². The molecular weight excluding hydrogens is 516 g/mol. The third kappa shape index (κ3) is 6.17. The van der Waals surface area contributed by atoms with Crippen LogP contribution in [0.2, 0.25) is 0 Å². The van der Waals surface area contributed by atoms with Gasteiger partial charge in [-0.05, 0) is 63.1 Å². The molecule has 1 aromatic carbocycles. The van der Waals surface area contributed by atoms with E-state index in [9.17, 15) is 13.2 Å². The van der Waals surface area contributed by atoms with Crippen molar-refractivity contribution in [3.05, 3.63) is 88.5 Å². The molecule has 0 saturated carbocycles. The molecule has 2 aliphatic heterocycles. The number of ether oxygens (including phenoxy) is 2. The number of rotatable bonds is 8. The van der Waals surface area contributed by atoms with Crippen LogP contribution in [0, 0.1) is 12.8 Å². The molecule has 1 amide bonds. The maximum absolute atomic E-state index is 13.0. The quantitative estimate of drug-likeness (QED) is 0.515. The van der Waals surface area contributed by atoms with E-state index in [0.717, 1.165) is 16.7 Å². The van der Waals surface area contributed by atoms with E-state index in [1.165, 1.54) is 0 Å². The normalized spacial score (nSPS) is 19.2. The minimum absolute atomic E-state index is 0.0422. The fourth-order valence-corrected chi connectivity index (χ4v) is 6.15. The first-order valence-electron chi connectivity index (χ1n) is 13.0. The van der Waals surface area contributed by atoms with E-state index in [0.29, 0.717) is 30.4 Å². The average Bonchev–Trinajstić information content (AvgIpc) is 3.32. The second kappa shape index (κ2) is 10.5. The van der Waals surface area contributed by atoms with Gasteiger partial charge in [0.25, 0.3) is 0 Å². The molecule has 39 heavy (non-hydrogen) atoms. The van der Waals surface area contributed by atoms with Gasteiger partial charge in [-0.25, -0.2) is 8.42 Å². The summed E-state index contributed by atoms with van der Waals surface area (Å²) in [6.45, 7) is 9.02. The monoisotopic (exact) mass is 550 g/mol. The standard InChI is InChI=1S/C29H34N4O5S/c1-19-11-20(12-28(34)32-22-14-31-33(15-22)29(2,3)4)5-8-26(19)38-27-9-10-30-25-7-6-23(13-24(25)27)39(35,36)18-21-16-37-17-21/h5-11,13-15,21,25,30H,12,16-18H2,1-4H3,(H,32,34). The van der Waals surface area contributed by atoms with Gasteiger partial charge < -0.3 is 20.1 Å². The predicted octanol–water partition coefficient (Wildman–Crippen LogP) is 3.76. The minimum atomic E-state index is -3.43. The van der Waals surface area contributed by atoms with Crippen LogP contribution in [0.3, 0.4) is 0 Å². The van der Waals surface area contributed by atoms with Gasteiger partial charge in [0, 0.05) is 23.9 Å². The summed E-state index contributed by atoms with van der Waals surface area (Å²) in [4.78, 5) is 12.9. The number of carbonyl (C=O) groups is 1. The first-order chi connectivity index (χ1) is 18.5. The van der Waals surface area contributed by atoms with Crippen LogP contribution in [0.25, 0.3) is 0 Å². The predicted molar refractivity (Wildman–Crippen MR) is 150 cm³/mol. The molecule has 0 bridgehead atoms. The average molecular weight is 551 g/mol. The fourth-order valence-electron chi connectivity index (χ4n) is 4.55. The number of carbonyl (C=O) groups excluding carboxylic acids is 1. The molecule has 1 aliphatic carbocycles. The summed E-state index contributed by atoms with van der Waals surface area (Å²) < 4.78 is 39.1. The number of hydrogen-bond donors (Lipinski definition) is 2. The highest BCUT2D eigenvalue weighted by molar-refractivity contribution is 7.95. The van der Waals surface area contributed by atoms with Crippen molar-refractivity contribution in [3.8, 4) is 5.75 Å². The zero-order valence-electron chi connectivity index (χ0n) is 22.6. The Morgan fingerprint density at radius 3 is 2.72 bits per heavy atom. The lowest BCUT2D eigenvalue weighted by Gasteiger charge is -2.28. The molecule has 1 unspecified atom stereocenters. The highest BCUT2D eigenvalue weighted by atomic mass is 32.2. The van der Waals surface area contributed by atoms with Crippen molar-refractivity contribution in [1.29, 1.82) is 0 Å². The highest BCUT2D eigenvalue weighted by Gasteiger charge is 2.30.